The van der Waals surface area contributed by atoms with Crippen molar-refractivity contribution in [1.29, 1.82) is 0 Å². The lowest BCUT2D eigenvalue weighted by Crippen LogP contribution is -2.39. The molecule has 1 saturated carbocycles. The highest BCUT2D eigenvalue weighted by Gasteiger charge is 2.28. The van der Waals surface area contributed by atoms with Gasteiger partial charge in [0.15, 0.2) is 0 Å². The molecule has 1 aliphatic rings. The molecule has 0 spiro atoms. The van der Waals surface area contributed by atoms with Crippen LogP contribution in [0.1, 0.15) is 36.0 Å². The van der Waals surface area contributed by atoms with E-state index in [0.29, 0.717) is 12.1 Å². The van der Waals surface area contributed by atoms with E-state index in [-0.39, 0.29) is 22.7 Å². The molecule has 6 heteroatoms. The summed E-state index contributed by atoms with van der Waals surface area (Å²) in [6.07, 6.45) is 5.86. The zero-order valence-electron chi connectivity index (χ0n) is 11.6. The number of hydrogen-bond donors (Lipinski definition) is 0. The number of amides is 1. The Bertz CT molecular complexity index is 568. The summed E-state index contributed by atoms with van der Waals surface area (Å²) >= 11 is 6.04. The van der Waals surface area contributed by atoms with E-state index in [9.17, 15) is 14.9 Å². The largest absolute Gasteiger partial charge is 0.332 e. The molecule has 2 rings (SSSR count). The third-order valence-electron chi connectivity index (χ3n) is 3.75. The van der Waals surface area contributed by atoms with Crippen LogP contribution in [0.2, 0.25) is 5.02 Å². The standard InChI is InChI=1S/C15H17ClN2O3/c1-2-9-17(11-5-3-4-6-11)15(19)13-8-7-12(18(20)21)10-14(13)16/h2,7-8,10-11H,1,3-6,9H2. The van der Waals surface area contributed by atoms with E-state index in [1.807, 2.05) is 0 Å². The summed E-state index contributed by atoms with van der Waals surface area (Å²) in [4.78, 5) is 24.6. The first-order chi connectivity index (χ1) is 10.0. The number of carbonyl (C=O) groups excluding carboxylic acids is 1. The first-order valence-electron chi connectivity index (χ1n) is 6.90. The Kier molecular flexibility index (Phi) is 4.96. The van der Waals surface area contributed by atoms with Crippen molar-refractivity contribution >= 4 is 23.2 Å². The zero-order valence-corrected chi connectivity index (χ0v) is 12.4. The van der Waals surface area contributed by atoms with Crippen LogP contribution in [0.3, 0.4) is 0 Å². The molecule has 0 aliphatic heterocycles. The van der Waals surface area contributed by atoms with Gasteiger partial charge in [0.25, 0.3) is 11.6 Å². The maximum Gasteiger partial charge on any atom is 0.270 e. The highest BCUT2D eigenvalue weighted by molar-refractivity contribution is 6.34. The fraction of sp³-hybridized carbons (Fsp3) is 0.400. The Labute approximate surface area is 128 Å². The van der Waals surface area contributed by atoms with Crippen LogP contribution in [0.15, 0.2) is 30.9 Å². The normalized spacial score (nSPS) is 14.9. The quantitative estimate of drug-likeness (QED) is 0.472. The zero-order chi connectivity index (χ0) is 15.4. The lowest BCUT2D eigenvalue weighted by Gasteiger charge is -2.28. The molecule has 1 aliphatic carbocycles. The summed E-state index contributed by atoms with van der Waals surface area (Å²) < 4.78 is 0. The van der Waals surface area contributed by atoms with Crippen LogP contribution in [-0.4, -0.2) is 28.3 Å². The third-order valence-corrected chi connectivity index (χ3v) is 4.06. The van der Waals surface area contributed by atoms with Crippen LogP contribution in [0.4, 0.5) is 5.69 Å². The van der Waals surface area contributed by atoms with Gasteiger partial charge in [-0.25, -0.2) is 0 Å². The maximum atomic E-state index is 12.6. The van der Waals surface area contributed by atoms with Gasteiger partial charge >= 0.3 is 0 Å². The number of nitro groups is 1. The molecule has 21 heavy (non-hydrogen) atoms. The molecule has 1 fully saturated rings. The second kappa shape index (κ2) is 6.72. The molecular weight excluding hydrogens is 292 g/mol. The Morgan fingerprint density at radius 3 is 2.67 bits per heavy atom. The van der Waals surface area contributed by atoms with E-state index < -0.39 is 4.92 Å². The maximum absolute atomic E-state index is 12.6. The summed E-state index contributed by atoms with van der Waals surface area (Å²) in [6, 6.07) is 4.14. The van der Waals surface area contributed by atoms with E-state index >= 15 is 0 Å². The Morgan fingerprint density at radius 2 is 2.14 bits per heavy atom. The number of nitrogens with zero attached hydrogens (tertiary/aromatic N) is 2. The smallest absolute Gasteiger partial charge is 0.270 e. The molecule has 1 aromatic carbocycles. The van der Waals surface area contributed by atoms with Crippen molar-refractivity contribution in [2.24, 2.45) is 0 Å². The van der Waals surface area contributed by atoms with Crippen molar-refractivity contribution in [2.75, 3.05) is 6.54 Å². The van der Waals surface area contributed by atoms with Crippen molar-refractivity contribution in [2.45, 2.75) is 31.7 Å². The van der Waals surface area contributed by atoms with E-state index in [0.717, 1.165) is 25.7 Å². The van der Waals surface area contributed by atoms with Crippen LogP contribution in [0.25, 0.3) is 0 Å². The molecule has 0 saturated heterocycles. The number of rotatable bonds is 5. The second-order valence-corrected chi connectivity index (χ2v) is 5.51. The minimum atomic E-state index is -0.529. The van der Waals surface area contributed by atoms with Crippen molar-refractivity contribution in [3.8, 4) is 0 Å². The summed E-state index contributed by atoms with van der Waals surface area (Å²) in [5, 5.41) is 10.8. The van der Waals surface area contributed by atoms with Gasteiger partial charge in [0.05, 0.1) is 15.5 Å². The van der Waals surface area contributed by atoms with Gasteiger partial charge in [-0.15, -0.1) is 6.58 Å². The van der Waals surface area contributed by atoms with E-state index in [1.54, 1.807) is 11.0 Å². The monoisotopic (exact) mass is 308 g/mol. The van der Waals surface area contributed by atoms with Gasteiger partial charge in [-0.3, -0.25) is 14.9 Å². The van der Waals surface area contributed by atoms with Gasteiger partial charge in [0.2, 0.25) is 0 Å². The van der Waals surface area contributed by atoms with Gasteiger partial charge < -0.3 is 4.90 Å². The molecule has 1 amide bonds. The van der Waals surface area contributed by atoms with Gasteiger partial charge in [0.1, 0.15) is 0 Å². The number of halogens is 1. The lowest BCUT2D eigenvalue weighted by atomic mass is 10.1. The van der Waals surface area contributed by atoms with Crippen molar-refractivity contribution < 1.29 is 9.72 Å². The molecule has 1 aromatic rings. The molecule has 0 radical (unpaired) electrons. The van der Waals surface area contributed by atoms with E-state index in [1.165, 1.54) is 18.2 Å². The predicted molar refractivity (Wildman–Crippen MR) is 81.6 cm³/mol. The predicted octanol–water partition coefficient (Wildman–Crippen LogP) is 3.82. The number of carbonyl (C=O) groups is 1. The van der Waals surface area contributed by atoms with E-state index in [2.05, 4.69) is 6.58 Å². The Morgan fingerprint density at radius 1 is 1.48 bits per heavy atom. The highest BCUT2D eigenvalue weighted by atomic mass is 35.5. The van der Waals surface area contributed by atoms with Crippen LogP contribution < -0.4 is 0 Å². The molecule has 0 atom stereocenters. The lowest BCUT2D eigenvalue weighted by molar-refractivity contribution is -0.384. The summed E-state index contributed by atoms with van der Waals surface area (Å²) in [7, 11) is 0. The molecule has 112 valence electrons. The molecule has 0 aromatic heterocycles. The number of benzene rings is 1. The van der Waals surface area contributed by atoms with Crippen LogP contribution in [-0.2, 0) is 0 Å². The minimum absolute atomic E-state index is 0.112. The number of hydrogen-bond acceptors (Lipinski definition) is 3. The van der Waals surface area contributed by atoms with Crippen LogP contribution in [0.5, 0.6) is 0 Å². The topological polar surface area (TPSA) is 63.5 Å². The third kappa shape index (κ3) is 3.42. The van der Waals surface area contributed by atoms with Gasteiger partial charge in [-0.2, -0.15) is 0 Å². The number of non-ortho nitro benzene ring substituents is 1. The summed E-state index contributed by atoms with van der Waals surface area (Å²) in [6.45, 7) is 4.15. The van der Waals surface area contributed by atoms with Crippen molar-refractivity contribution in [3.63, 3.8) is 0 Å². The minimum Gasteiger partial charge on any atom is -0.332 e. The number of nitro benzene ring substituents is 1. The average molecular weight is 309 g/mol. The fourth-order valence-corrected chi connectivity index (χ4v) is 2.95. The molecule has 0 heterocycles. The van der Waals surface area contributed by atoms with Gasteiger partial charge in [-0.1, -0.05) is 30.5 Å². The second-order valence-electron chi connectivity index (χ2n) is 5.11. The first-order valence-corrected chi connectivity index (χ1v) is 7.28. The molecule has 0 unspecified atom stereocenters. The Balaban J connectivity index is 2.27. The molecule has 0 bridgehead atoms. The highest BCUT2D eigenvalue weighted by Crippen LogP contribution is 2.28. The van der Waals surface area contributed by atoms with Crippen LogP contribution >= 0.6 is 11.6 Å². The van der Waals surface area contributed by atoms with Gasteiger partial charge in [0, 0.05) is 24.7 Å². The average Bonchev–Trinajstić information content (AvgIpc) is 2.97. The molecular formula is C15H17ClN2O3. The van der Waals surface area contributed by atoms with E-state index in [4.69, 9.17) is 11.6 Å². The Hall–Kier alpha value is -1.88. The molecule has 5 nitrogen and oxygen atoms in total. The SMILES string of the molecule is C=CCN(C(=O)c1ccc([N+](=O)[O-])cc1Cl)C1CCCC1. The van der Waals surface area contributed by atoms with Gasteiger partial charge in [-0.05, 0) is 18.9 Å². The first kappa shape index (κ1) is 15.5. The van der Waals surface area contributed by atoms with Crippen molar-refractivity contribution in [3.05, 3.63) is 51.6 Å². The summed E-state index contributed by atoms with van der Waals surface area (Å²) in [5.41, 5.74) is 0.184. The fourth-order valence-electron chi connectivity index (χ4n) is 2.70. The summed E-state index contributed by atoms with van der Waals surface area (Å²) in [5.74, 6) is -0.193. The van der Waals surface area contributed by atoms with Crippen molar-refractivity contribution in [1.82, 2.24) is 4.90 Å². The molecule has 0 N–H and O–H groups in total. The van der Waals surface area contributed by atoms with Crippen LogP contribution in [0, 0.1) is 10.1 Å².